The number of aryl methyl sites for hydroxylation is 4. The number of nitrogen functional groups attached to an aromatic ring is 2. The predicted octanol–water partition coefficient (Wildman–Crippen LogP) is 11.4. The van der Waals surface area contributed by atoms with Gasteiger partial charge >= 0.3 is 0 Å². The normalized spacial score (nSPS) is 17.1. The second-order valence-electron chi connectivity index (χ2n) is 18.6. The summed E-state index contributed by atoms with van der Waals surface area (Å²) in [6.07, 6.45) is -1.31. The molecule has 4 atom stereocenters. The topological polar surface area (TPSA) is 154 Å². The third-order valence-electron chi connectivity index (χ3n) is 14.2. The fourth-order valence-corrected chi connectivity index (χ4v) is 10.7. The van der Waals surface area contributed by atoms with Crippen molar-refractivity contribution in [3.8, 4) is 22.3 Å². The van der Waals surface area contributed by atoms with E-state index in [1.54, 1.807) is 48.5 Å². The Hall–Kier alpha value is -8.20. The first-order valence-electron chi connectivity index (χ1n) is 23.4. The first-order valence-corrected chi connectivity index (χ1v) is 23.4. The van der Waals surface area contributed by atoms with Crippen molar-refractivity contribution in [1.29, 1.82) is 0 Å². The molecule has 6 N–H and O–H groups in total. The van der Waals surface area contributed by atoms with Crippen LogP contribution in [-0.4, -0.2) is 21.8 Å². The minimum absolute atomic E-state index is 0.0444. The largest absolute Gasteiger partial charge is 0.384 e. The van der Waals surface area contributed by atoms with Crippen LogP contribution in [0.1, 0.15) is 123 Å². The molecule has 14 heteroatoms. The molecule has 2 amide bonds. The van der Waals surface area contributed by atoms with Crippen LogP contribution in [0.2, 0.25) is 0 Å². The zero-order valence-electron chi connectivity index (χ0n) is 39.5. The maximum absolute atomic E-state index is 14.4. The first-order chi connectivity index (χ1) is 34.6. The standard InChI is InChI=1S/2C29H23F2N3O2/c1-14-10-25(32)34-15(2)22(14)13-33-29(35)17-7-9-19-21(12-17)28-18-8-6-16(11-20(18)27(19)36-28)26-23(30)4-3-5-24(26)31;1-14-10-25(32)34-15(2)22(14)13-33-29(35)17-7-9-19-21(12-17)28-20-11-16(6-8-18(20)27(19)36-28)26-23(30)4-3-5-24(26)31/h2*3-12,27-28H,13H2,1-2H3,(H2,32,34)(H,33,35). The van der Waals surface area contributed by atoms with Crippen LogP contribution in [0.3, 0.4) is 0 Å². The first kappa shape index (κ1) is 46.2. The van der Waals surface area contributed by atoms with E-state index in [4.69, 9.17) is 20.9 Å². The van der Waals surface area contributed by atoms with E-state index in [-0.39, 0.29) is 41.3 Å². The van der Waals surface area contributed by atoms with Gasteiger partial charge in [0.25, 0.3) is 11.8 Å². The summed E-state index contributed by atoms with van der Waals surface area (Å²) in [5.74, 6) is -1.92. The quantitative estimate of drug-likeness (QED) is 0.110. The van der Waals surface area contributed by atoms with Crippen molar-refractivity contribution in [3.63, 3.8) is 0 Å². The number of amides is 2. The lowest BCUT2D eigenvalue weighted by atomic mass is 9.83. The number of fused-ring (bicyclic) bond motifs is 16. The van der Waals surface area contributed by atoms with Crippen molar-refractivity contribution >= 4 is 23.5 Å². The van der Waals surface area contributed by atoms with Gasteiger partial charge < -0.3 is 31.6 Å². The average molecular weight is 967 g/mol. The summed E-state index contributed by atoms with van der Waals surface area (Å²) in [7, 11) is 0. The van der Waals surface area contributed by atoms with E-state index in [1.807, 2.05) is 64.1 Å². The second kappa shape index (κ2) is 17.9. The molecule has 0 aliphatic carbocycles. The van der Waals surface area contributed by atoms with Gasteiger partial charge in [0, 0.05) is 35.6 Å². The minimum Gasteiger partial charge on any atom is -0.384 e. The van der Waals surface area contributed by atoms with Gasteiger partial charge in [0.05, 0.1) is 11.1 Å². The number of rotatable bonds is 8. The number of ether oxygens (including phenoxy) is 2. The van der Waals surface area contributed by atoms with Crippen LogP contribution in [0.5, 0.6) is 0 Å². The molecule has 2 aromatic heterocycles. The number of hydrogen-bond acceptors (Lipinski definition) is 8. The van der Waals surface area contributed by atoms with Gasteiger partial charge in [0.2, 0.25) is 0 Å². The zero-order chi connectivity index (χ0) is 50.3. The molecule has 0 fully saturated rings. The molecular weight excluding hydrogens is 921 g/mol. The van der Waals surface area contributed by atoms with Crippen molar-refractivity contribution in [1.82, 2.24) is 20.6 Å². The number of nitrogens with zero attached hydrogens (tertiary/aromatic N) is 2. The Morgan fingerprint density at radius 2 is 0.806 bits per heavy atom. The maximum Gasteiger partial charge on any atom is 0.251 e. The zero-order valence-corrected chi connectivity index (χ0v) is 39.5. The second-order valence-corrected chi connectivity index (χ2v) is 18.6. The van der Waals surface area contributed by atoms with E-state index in [2.05, 4.69) is 20.6 Å². The molecule has 0 saturated carbocycles. The molecule has 8 aromatic rings. The highest BCUT2D eigenvalue weighted by atomic mass is 19.1. The molecule has 0 radical (unpaired) electrons. The lowest BCUT2D eigenvalue weighted by Gasteiger charge is -2.18. The van der Waals surface area contributed by atoms with E-state index in [0.29, 0.717) is 47.0 Å². The number of pyridine rings is 2. The van der Waals surface area contributed by atoms with Crippen molar-refractivity contribution < 1.29 is 36.6 Å². The lowest BCUT2D eigenvalue weighted by molar-refractivity contribution is 0.0856. The fraction of sp³-hybridized carbons (Fsp3) is 0.172. The number of halogens is 4. The summed E-state index contributed by atoms with van der Waals surface area (Å²) in [6, 6.07) is 33.1. The van der Waals surface area contributed by atoms with Crippen LogP contribution in [-0.2, 0) is 22.6 Å². The fourth-order valence-electron chi connectivity index (χ4n) is 10.7. The number of aromatic nitrogens is 2. The summed E-state index contributed by atoms with van der Waals surface area (Å²) >= 11 is 0. The van der Waals surface area contributed by atoms with Gasteiger partial charge in [-0.25, -0.2) is 27.5 Å². The highest BCUT2D eigenvalue weighted by Crippen LogP contribution is 2.56. The number of nitrogens with one attached hydrogen (secondary N) is 2. The van der Waals surface area contributed by atoms with E-state index in [1.165, 1.54) is 36.4 Å². The number of benzene rings is 6. The molecule has 4 bridgehead atoms. The Bertz CT molecular complexity index is 3510. The average Bonchev–Trinajstić information content (AvgIpc) is 4.12. The Balaban J connectivity index is 0.000000156. The summed E-state index contributed by atoms with van der Waals surface area (Å²) in [6.45, 7) is 8.31. The molecule has 10 nitrogen and oxygen atoms in total. The SMILES string of the molecule is Cc1cc(N)nc(C)c1CNC(=O)c1ccc2c(c1)C1OC2c2cc(-c3c(F)cccc3F)ccc21.Cc1cc(N)nc(C)c1CNC(=O)c1ccc2c(c1)C1OC2c2ccc(-c3c(F)cccc3F)cc21. The number of carbonyl (C=O) groups is 2. The van der Waals surface area contributed by atoms with Gasteiger partial charge in [-0.2, -0.15) is 0 Å². The molecule has 4 aliphatic rings. The molecule has 12 rings (SSSR count). The number of anilines is 2. The van der Waals surface area contributed by atoms with Crippen LogP contribution in [0.15, 0.2) is 121 Å². The van der Waals surface area contributed by atoms with Crippen LogP contribution in [0.4, 0.5) is 29.2 Å². The lowest BCUT2D eigenvalue weighted by Crippen LogP contribution is -2.24. The predicted molar refractivity (Wildman–Crippen MR) is 265 cm³/mol. The van der Waals surface area contributed by atoms with Crippen molar-refractivity contribution in [3.05, 3.63) is 234 Å². The van der Waals surface area contributed by atoms with Gasteiger partial charge in [-0.05, 0) is 178 Å². The van der Waals surface area contributed by atoms with E-state index >= 15 is 0 Å². The van der Waals surface area contributed by atoms with Gasteiger partial charge in [-0.1, -0.05) is 48.5 Å². The summed E-state index contributed by atoms with van der Waals surface area (Å²) in [5, 5.41) is 5.95. The summed E-state index contributed by atoms with van der Waals surface area (Å²) < 4.78 is 70.0. The molecular formula is C58H46F4N6O4. The third kappa shape index (κ3) is 7.92. The minimum atomic E-state index is -0.611. The van der Waals surface area contributed by atoms with E-state index in [9.17, 15) is 27.2 Å². The molecule has 6 aromatic carbocycles. The van der Waals surface area contributed by atoms with Crippen LogP contribution >= 0.6 is 0 Å². The summed E-state index contributed by atoms with van der Waals surface area (Å²) in [5.41, 5.74) is 26.4. The van der Waals surface area contributed by atoms with E-state index in [0.717, 1.165) is 78.1 Å². The van der Waals surface area contributed by atoms with Crippen molar-refractivity contribution in [2.24, 2.45) is 0 Å². The molecule has 0 spiro atoms. The molecule has 72 heavy (non-hydrogen) atoms. The maximum atomic E-state index is 14.4. The summed E-state index contributed by atoms with van der Waals surface area (Å²) in [4.78, 5) is 34.5. The van der Waals surface area contributed by atoms with Crippen LogP contribution in [0.25, 0.3) is 22.3 Å². The molecule has 4 unspecified atom stereocenters. The number of nitrogens with two attached hydrogens (primary N) is 2. The van der Waals surface area contributed by atoms with Crippen LogP contribution in [0, 0.1) is 51.0 Å². The van der Waals surface area contributed by atoms with Crippen molar-refractivity contribution in [2.45, 2.75) is 65.2 Å². The monoisotopic (exact) mass is 966 g/mol. The number of carbonyl (C=O) groups excluding carboxylic acids is 2. The highest BCUT2D eigenvalue weighted by Gasteiger charge is 2.44. The smallest absolute Gasteiger partial charge is 0.251 e. The molecule has 6 heterocycles. The van der Waals surface area contributed by atoms with Gasteiger partial charge in [0.15, 0.2) is 0 Å². The Morgan fingerprint density at radius 3 is 1.18 bits per heavy atom. The third-order valence-corrected chi connectivity index (χ3v) is 14.2. The molecule has 0 saturated heterocycles. The Kier molecular flexibility index (Phi) is 11.5. The van der Waals surface area contributed by atoms with Gasteiger partial charge in [-0.15, -0.1) is 0 Å². The van der Waals surface area contributed by atoms with E-state index < -0.39 is 29.4 Å². The molecule has 360 valence electrons. The molecule has 4 aliphatic heterocycles. The number of hydrogen-bond donors (Lipinski definition) is 4. The van der Waals surface area contributed by atoms with Gasteiger partial charge in [-0.3, -0.25) is 9.59 Å². The van der Waals surface area contributed by atoms with Gasteiger partial charge in [0.1, 0.15) is 59.3 Å². The van der Waals surface area contributed by atoms with Crippen molar-refractivity contribution in [2.75, 3.05) is 11.5 Å². The Morgan fingerprint density at radius 1 is 0.472 bits per heavy atom. The Labute approximate surface area is 412 Å². The highest BCUT2D eigenvalue weighted by molar-refractivity contribution is 5.95. The van der Waals surface area contributed by atoms with Crippen LogP contribution < -0.4 is 22.1 Å².